The van der Waals surface area contributed by atoms with Gasteiger partial charge in [-0.05, 0) is 34.1 Å². The summed E-state index contributed by atoms with van der Waals surface area (Å²) in [5, 5.41) is 0.289. The standard InChI is InChI=1S/C9H4BrF3S/c10-7-3-4-6(14-7)2-1-5(11)8(4)9(12)13/h1-3,9H. The number of alkyl halides is 2. The summed E-state index contributed by atoms with van der Waals surface area (Å²) in [5.41, 5.74) is -0.510. The van der Waals surface area contributed by atoms with Gasteiger partial charge in [-0.3, -0.25) is 0 Å². The molecule has 0 unspecified atom stereocenters. The maximum atomic E-state index is 13.1. The largest absolute Gasteiger partial charge is 0.267 e. The van der Waals surface area contributed by atoms with Gasteiger partial charge in [0.2, 0.25) is 0 Å². The van der Waals surface area contributed by atoms with Crippen LogP contribution in [0.25, 0.3) is 10.1 Å². The van der Waals surface area contributed by atoms with Crippen LogP contribution in [0.1, 0.15) is 12.0 Å². The van der Waals surface area contributed by atoms with Crippen LogP contribution in [0.4, 0.5) is 13.2 Å². The predicted octanol–water partition coefficient (Wildman–Crippen LogP) is 4.74. The third kappa shape index (κ3) is 1.54. The van der Waals surface area contributed by atoms with Crippen molar-refractivity contribution in [1.82, 2.24) is 0 Å². The Bertz CT molecular complexity index is 478. The fourth-order valence-corrected chi connectivity index (χ4v) is 2.85. The van der Waals surface area contributed by atoms with E-state index < -0.39 is 17.8 Å². The van der Waals surface area contributed by atoms with Gasteiger partial charge in [0.15, 0.2) is 0 Å². The van der Waals surface area contributed by atoms with E-state index in [4.69, 9.17) is 0 Å². The SMILES string of the molecule is Fc1ccc2sc(Br)cc2c1C(F)F. The first-order chi connectivity index (χ1) is 6.59. The predicted molar refractivity (Wildman–Crippen MR) is 54.4 cm³/mol. The smallest absolute Gasteiger partial charge is 0.206 e. The average molecular weight is 281 g/mol. The lowest BCUT2D eigenvalue weighted by atomic mass is 10.1. The minimum absolute atomic E-state index is 0.289. The molecule has 5 heteroatoms. The van der Waals surface area contributed by atoms with Crippen LogP contribution in [-0.2, 0) is 0 Å². The maximum absolute atomic E-state index is 13.1. The Morgan fingerprint density at radius 2 is 2.00 bits per heavy atom. The number of benzene rings is 1. The summed E-state index contributed by atoms with van der Waals surface area (Å²) in [5.74, 6) is -0.849. The van der Waals surface area contributed by atoms with E-state index in [1.807, 2.05) is 0 Å². The summed E-state index contributed by atoms with van der Waals surface area (Å²) in [6.45, 7) is 0. The lowest BCUT2D eigenvalue weighted by Gasteiger charge is -2.02. The number of hydrogen-bond acceptors (Lipinski definition) is 1. The molecule has 0 N–H and O–H groups in total. The van der Waals surface area contributed by atoms with Crippen molar-refractivity contribution in [2.75, 3.05) is 0 Å². The minimum Gasteiger partial charge on any atom is -0.206 e. The molecule has 0 saturated heterocycles. The topological polar surface area (TPSA) is 0 Å². The first-order valence-electron chi connectivity index (χ1n) is 3.75. The molecular weight excluding hydrogens is 277 g/mol. The van der Waals surface area contributed by atoms with E-state index in [2.05, 4.69) is 15.9 Å². The van der Waals surface area contributed by atoms with Crippen LogP contribution in [0.15, 0.2) is 22.0 Å². The van der Waals surface area contributed by atoms with Gasteiger partial charge in [-0.1, -0.05) is 0 Å². The van der Waals surface area contributed by atoms with Gasteiger partial charge in [0.25, 0.3) is 6.43 Å². The first-order valence-corrected chi connectivity index (χ1v) is 5.36. The Kier molecular flexibility index (Phi) is 2.53. The highest BCUT2D eigenvalue weighted by Gasteiger charge is 2.18. The zero-order chi connectivity index (χ0) is 10.3. The second kappa shape index (κ2) is 3.55. The molecular formula is C9H4BrF3S. The second-order valence-corrected chi connectivity index (χ2v) is 5.19. The van der Waals surface area contributed by atoms with Gasteiger partial charge in [-0.2, -0.15) is 0 Å². The van der Waals surface area contributed by atoms with Crippen LogP contribution in [0.2, 0.25) is 0 Å². The number of thiophene rings is 1. The molecule has 0 aliphatic carbocycles. The Morgan fingerprint density at radius 1 is 1.29 bits per heavy atom. The molecule has 0 atom stereocenters. The lowest BCUT2D eigenvalue weighted by Crippen LogP contribution is -1.90. The number of hydrogen-bond donors (Lipinski definition) is 0. The van der Waals surface area contributed by atoms with Crippen LogP contribution >= 0.6 is 27.3 Å². The summed E-state index contributed by atoms with van der Waals surface area (Å²) in [6.07, 6.45) is -2.78. The van der Waals surface area contributed by atoms with E-state index in [1.54, 1.807) is 0 Å². The molecule has 0 saturated carbocycles. The fraction of sp³-hybridized carbons (Fsp3) is 0.111. The molecule has 0 amide bonds. The number of rotatable bonds is 1. The van der Waals surface area contributed by atoms with Gasteiger partial charge < -0.3 is 0 Å². The van der Waals surface area contributed by atoms with E-state index in [1.165, 1.54) is 23.5 Å². The summed E-state index contributed by atoms with van der Waals surface area (Å²) < 4.78 is 39.5. The zero-order valence-corrected chi connectivity index (χ0v) is 9.13. The highest BCUT2D eigenvalue weighted by Crippen LogP contribution is 2.36. The van der Waals surface area contributed by atoms with Gasteiger partial charge in [0, 0.05) is 10.1 Å². The van der Waals surface area contributed by atoms with Crippen LogP contribution in [0.3, 0.4) is 0 Å². The van der Waals surface area contributed by atoms with Crippen LogP contribution in [0, 0.1) is 5.82 Å². The highest BCUT2D eigenvalue weighted by atomic mass is 79.9. The van der Waals surface area contributed by atoms with E-state index in [9.17, 15) is 13.2 Å². The van der Waals surface area contributed by atoms with Crippen LogP contribution < -0.4 is 0 Å². The summed E-state index contributed by atoms with van der Waals surface area (Å²) >= 11 is 4.49. The third-order valence-corrected chi connectivity index (χ3v) is 3.48. The number of fused-ring (bicyclic) bond motifs is 1. The highest BCUT2D eigenvalue weighted by molar-refractivity contribution is 9.11. The van der Waals surface area contributed by atoms with Gasteiger partial charge in [-0.25, -0.2) is 13.2 Å². The molecule has 74 valence electrons. The molecule has 1 heterocycles. The van der Waals surface area contributed by atoms with Crippen molar-refractivity contribution >= 4 is 37.4 Å². The molecule has 0 radical (unpaired) electrons. The summed E-state index contributed by atoms with van der Waals surface area (Å²) in [6, 6.07) is 4.10. The quantitative estimate of drug-likeness (QED) is 0.708. The Balaban J connectivity index is 2.82. The summed E-state index contributed by atoms with van der Waals surface area (Å²) in [4.78, 5) is 0. The Labute approximate surface area is 90.5 Å². The van der Waals surface area contributed by atoms with E-state index in [-0.39, 0.29) is 5.39 Å². The molecule has 0 spiro atoms. The molecule has 0 bridgehead atoms. The van der Waals surface area contributed by atoms with Crippen molar-refractivity contribution in [3.63, 3.8) is 0 Å². The normalized spacial score (nSPS) is 11.5. The molecule has 1 aromatic carbocycles. The summed E-state index contributed by atoms with van der Waals surface area (Å²) in [7, 11) is 0. The zero-order valence-electron chi connectivity index (χ0n) is 6.73. The van der Waals surface area contributed by atoms with Crippen molar-refractivity contribution in [1.29, 1.82) is 0 Å². The maximum Gasteiger partial charge on any atom is 0.267 e. The average Bonchev–Trinajstić information content (AvgIpc) is 2.43. The van der Waals surface area contributed by atoms with Gasteiger partial charge >= 0.3 is 0 Å². The molecule has 0 nitrogen and oxygen atoms in total. The molecule has 1 aromatic heterocycles. The Hall–Kier alpha value is -0.550. The molecule has 2 aromatic rings. The van der Waals surface area contributed by atoms with Gasteiger partial charge in [0.1, 0.15) is 5.82 Å². The second-order valence-electron chi connectivity index (χ2n) is 2.72. The molecule has 14 heavy (non-hydrogen) atoms. The lowest BCUT2D eigenvalue weighted by molar-refractivity contribution is 0.148. The van der Waals surface area contributed by atoms with Gasteiger partial charge in [-0.15, -0.1) is 11.3 Å². The first kappa shape index (κ1) is 9.98. The minimum atomic E-state index is -2.78. The Morgan fingerprint density at radius 3 is 2.64 bits per heavy atom. The van der Waals surface area contributed by atoms with E-state index in [0.717, 1.165) is 9.85 Å². The van der Waals surface area contributed by atoms with E-state index in [0.29, 0.717) is 4.70 Å². The molecule has 2 rings (SSSR count). The van der Waals surface area contributed by atoms with Crippen LogP contribution in [-0.4, -0.2) is 0 Å². The van der Waals surface area contributed by atoms with Crippen molar-refractivity contribution in [3.8, 4) is 0 Å². The van der Waals surface area contributed by atoms with Crippen molar-refractivity contribution in [3.05, 3.63) is 33.4 Å². The number of halogens is 4. The molecule has 0 aliphatic heterocycles. The fourth-order valence-electron chi connectivity index (χ4n) is 1.30. The van der Waals surface area contributed by atoms with Crippen molar-refractivity contribution < 1.29 is 13.2 Å². The molecule has 0 fully saturated rings. The van der Waals surface area contributed by atoms with Gasteiger partial charge in [0.05, 0.1) is 9.35 Å². The monoisotopic (exact) mass is 280 g/mol. The van der Waals surface area contributed by atoms with E-state index >= 15 is 0 Å². The van der Waals surface area contributed by atoms with Crippen molar-refractivity contribution in [2.24, 2.45) is 0 Å². The van der Waals surface area contributed by atoms with Crippen molar-refractivity contribution in [2.45, 2.75) is 6.43 Å². The third-order valence-electron chi connectivity index (χ3n) is 1.88. The molecule has 0 aliphatic rings. The van der Waals surface area contributed by atoms with Crippen LogP contribution in [0.5, 0.6) is 0 Å².